The van der Waals surface area contributed by atoms with Crippen LogP contribution in [-0.2, 0) is 6.54 Å². The fraction of sp³-hybridized carbons (Fsp3) is 0.286. The van der Waals surface area contributed by atoms with Gasteiger partial charge in [0.15, 0.2) is 0 Å². The lowest BCUT2D eigenvalue weighted by Gasteiger charge is -2.07. The molecule has 3 nitrogen and oxygen atoms in total. The molecule has 124 valence electrons. The molecule has 0 radical (unpaired) electrons. The van der Waals surface area contributed by atoms with Crippen molar-refractivity contribution in [3.63, 3.8) is 0 Å². The van der Waals surface area contributed by atoms with Gasteiger partial charge in [-0.3, -0.25) is 0 Å². The van der Waals surface area contributed by atoms with Gasteiger partial charge in [0.2, 0.25) is 0 Å². The molecule has 1 aromatic heterocycles. The van der Waals surface area contributed by atoms with E-state index in [-0.39, 0.29) is 6.61 Å². The number of hydrogen-bond acceptors (Lipinski definition) is 2. The van der Waals surface area contributed by atoms with Crippen LogP contribution in [0.2, 0.25) is 0 Å². The fourth-order valence-corrected chi connectivity index (χ4v) is 2.84. The average Bonchev–Trinajstić information content (AvgIpc) is 2.89. The van der Waals surface area contributed by atoms with Crippen LogP contribution in [0.3, 0.4) is 0 Å². The van der Waals surface area contributed by atoms with E-state index in [0.717, 1.165) is 35.4 Å². The van der Waals surface area contributed by atoms with Gasteiger partial charge in [0, 0.05) is 13.2 Å². The van der Waals surface area contributed by atoms with E-state index < -0.39 is 0 Å². The van der Waals surface area contributed by atoms with Crippen molar-refractivity contribution in [1.29, 1.82) is 0 Å². The second-order valence-electron chi connectivity index (χ2n) is 6.37. The van der Waals surface area contributed by atoms with Gasteiger partial charge in [-0.05, 0) is 62.1 Å². The van der Waals surface area contributed by atoms with E-state index in [4.69, 9.17) is 4.98 Å². The highest BCUT2D eigenvalue weighted by Crippen LogP contribution is 2.22. The zero-order valence-corrected chi connectivity index (χ0v) is 14.6. The Morgan fingerprint density at radius 1 is 1.00 bits per heavy atom. The van der Waals surface area contributed by atoms with Crippen LogP contribution in [0.5, 0.6) is 0 Å². The molecule has 0 unspecified atom stereocenters. The molecule has 1 N–H and O–H groups in total. The predicted molar refractivity (Wildman–Crippen MR) is 101 cm³/mol. The molecule has 0 bridgehead atoms. The Kier molecular flexibility index (Phi) is 4.81. The van der Waals surface area contributed by atoms with Gasteiger partial charge < -0.3 is 9.67 Å². The van der Waals surface area contributed by atoms with Crippen molar-refractivity contribution in [3.05, 3.63) is 64.5 Å². The molecule has 0 saturated heterocycles. The maximum Gasteiger partial charge on any atom is 0.133 e. The van der Waals surface area contributed by atoms with Crippen molar-refractivity contribution in [2.75, 3.05) is 6.61 Å². The second kappa shape index (κ2) is 7.02. The van der Waals surface area contributed by atoms with Crippen LogP contribution in [0.15, 0.2) is 36.4 Å². The lowest BCUT2D eigenvalue weighted by Crippen LogP contribution is -2.02. The SMILES string of the molecule is Cc1ccc(/C=C/c2nc3cc(C)c(C)cc3n2CCCO)cc1. The number of rotatable bonds is 5. The monoisotopic (exact) mass is 320 g/mol. The van der Waals surface area contributed by atoms with Crippen LogP contribution in [-0.4, -0.2) is 21.3 Å². The zero-order valence-electron chi connectivity index (χ0n) is 14.6. The number of nitrogens with zero attached hydrogens (tertiary/aromatic N) is 2. The van der Waals surface area contributed by atoms with Crippen LogP contribution >= 0.6 is 0 Å². The molecule has 3 rings (SSSR count). The maximum absolute atomic E-state index is 9.21. The quantitative estimate of drug-likeness (QED) is 0.751. The molecule has 0 aliphatic rings. The van der Waals surface area contributed by atoms with E-state index in [1.54, 1.807) is 0 Å². The number of fused-ring (bicyclic) bond motifs is 1. The Hall–Kier alpha value is -2.39. The molecule has 0 fully saturated rings. The van der Waals surface area contributed by atoms with E-state index in [1.807, 2.05) is 0 Å². The van der Waals surface area contributed by atoms with Crippen molar-refractivity contribution in [1.82, 2.24) is 9.55 Å². The minimum atomic E-state index is 0.186. The van der Waals surface area contributed by atoms with Crippen LogP contribution in [0.25, 0.3) is 23.2 Å². The van der Waals surface area contributed by atoms with Crippen molar-refractivity contribution in [2.24, 2.45) is 0 Å². The van der Waals surface area contributed by atoms with Crippen LogP contribution < -0.4 is 0 Å². The number of imidazole rings is 1. The minimum Gasteiger partial charge on any atom is -0.396 e. The van der Waals surface area contributed by atoms with E-state index in [9.17, 15) is 5.11 Å². The Balaban J connectivity index is 2.03. The first-order chi connectivity index (χ1) is 11.6. The van der Waals surface area contributed by atoms with Crippen LogP contribution in [0.4, 0.5) is 0 Å². The van der Waals surface area contributed by atoms with E-state index >= 15 is 0 Å². The highest BCUT2D eigenvalue weighted by Gasteiger charge is 2.10. The third-order valence-corrected chi connectivity index (χ3v) is 4.44. The summed E-state index contributed by atoms with van der Waals surface area (Å²) >= 11 is 0. The number of aliphatic hydroxyl groups is 1. The lowest BCUT2D eigenvalue weighted by molar-refractivity contribution is 0.280. The molecular weight excluding hydrogens is 296 g/mol. The van der Waals surface area contributed by atoms with Gasteiger partial charge in [0.1, 0.15) is 5.82 Å². The standard InChI is InChI=1S/C21H24N2O/c1-15-5-7-18(8-6-15)9-10-21-22-19-13-16(2)17(3)14-20(19)23(21)11-4-12-24/h5-10,13-14,24H,4,11-12H2,1-3H3/b10-9+. The molecule has 0 amide bonds. The van der Waals surface area contributed by atoms with Gasteiger partial charge in [-0.25, -0.2) is 4.98 Å². The van der Waals surface area contributed by atoms with Crippen molar-refractivity contribution in [3.8, 4) is 0 Å². The normalized spacial score (nSPS) is 11.7. The Bertz CT molecular complexity index is 873. The second-order valence-corrected chi connectivity index (χ2v) is 6.37. The molecule has 3 aromatic rings. The van der Waals surface area contributed by atoms with Crippen LogP contribution in [0.1, 0.15) is 34.5 Å². The minimum absolute atomic E-state index is 0.186. The van der Waals surface area contributed by atoms with E-state index in [2.05, 4.69) is 73.9 Å². The van der Waals surface area contributed by atoms with E-state index in [0.29, 0.717) is 0 Å². The van der Waals surface area contributed by atoms with E-state index in [1.165, 1.54) is 16.7 Å². The molecule has 3 heteroatoms. The lowest BCUT2D eigenvalue weighted by atomic mass is 10.1. The number of aryl methyl sites for hydroxylation is 4. The zero-order chi connectivity index (χ0) is 17.1. The molecule has 2 aromatic carbocycles. The molecule has 0 aliphatic carbocycles. The summed E-state index contributed by atoms with van der Waals surface area (Å²) in [5.74, 6) is 0.934. The van der Waals surface area contributed by atoms with Gasteiger partial charge in [0.05, 0.1) is 11.0 Å². The number of aromatic nitrogens is 2. The summed E-state index contributed by atoms with van der Waals surface area (Å²) in [4.78, 5) is 4.79. The van der Waals surface area contributed by atoms with Gasteiger partial charge in [-0.15, -0.1) is 0 Å². The highest BCUT2D eigenvalue weighted by molar-refractivity contribution is 5.81. The van der Waals surface area contributed by atoms with Crippen molar-refractivity contribution >= 4 is 23.2 Å². The topological polar surface area (TPSA) is 38.0 Å². The third kappa shape index (κ3) is 3.41. The fourth-order valence-electron chi connectivity index (χ4n) is 2.84. The van der Waals surface area contributed by atoms with Crippen LogP contribution in [0, 0.1) is 20.8 Å². The largest absolute Gasteiger partial charge is 0.396 e. The Morgan fingerprint density at radius 2 is 1.71 bits per heavy atom. The molecule has 1 heterocycles. The number of hydrogen-bond donors (Lipinski definition) is 1. The molecule has 0 aliphatic heterocycles. The Labute approximate surface area is 143 Å². The summed E-state index contributed by atoms with van der Waals surface area (Å²) in [6, 6.07) is 12.8. The summed E-state index contributed by atoms with van der Waals surface area (Å²) in [6.07, 6.45) is 4.88. The van der Waals surface area contributed by atoms with Gasteiger partial charge in [-0.1, -0.05) is 35.9 Å². The Morgan fingerprint density at radius 3 is 2.42 bits per heavy atom. The number of benzene rings is 2. The maximum atomic E-state index is 9.21. The number of aliphatic hydroxyl groups excluding tert-OH is 1. The molecule has 24 heavy (non-hydrogen) atoms. The first-order valence-corrected chi connectivity index (χ1v) is 8.41. The summed E-state index contributed by atoms with van der Waals surface area (Å²) in [5.41, 5.74) is 7.08. The van der Waals surface area contributed by atoms with Crippen molar-refractivity contribution in [2.45, 2.75) is 33.7 Å². The average molecular weight is 320 g/mol. The highest BCUT2D eigenvalue weighted by atomic mass is 16.3. The first kappa shape index (κ1) is 16.5. The van der Waals surface area contributed by atoms with Crippen molar-refractivity contribution < 1.29 is 5.11 Å². The third-order valence-electron chi connectivity index (χ3n) is 4.44. The predicted octanol–water partition coefficient (Wildman–Crippen LogP) is 4.51. The smallest absolute Gasteiger partial charge is 0.133 e. The van der Waals surface area contributed by atoms with Gasteiger partial charge >= 0.3 is 0 Å². The molecule has 0 atom stereocenters. The van der Waals surface area contributed by atoms with Gasteiger partial charge in [-0.2, -0.15) is 0 Å². The first-order valence-electron chi connectivity index (χ1n) is 8.41. The molecule has 0 spiro atoms. The summed E-state index contributed by atoms with van der Waals surface area (Å²) in [5, 5.41) is 9.21. The summed E-state index contributed by atoms with van der Waals surface area (Å²) in [6.45, 7) is 7.28. The summed E-state index contributed by atoms with van der Waals surface area (Å²) in [7, 11) is 0. The van der Waals surface area contributed by atoms with Gasteiger partial charge in [0.25, 0.3) is 0 Å². The molecule has 0 saturated carbocycles. The molecular formula is C21H24N2O. The summed E-state index contributed by atoms with van der Waals surface area (Å²) < 4.78 is 2.20.